The van der Waals surface area contributed by atoms with Crippen LogP contribution in [0.2, 0.25) is 0 Å². The number of hydrogen-bond donors (Lipinski definition) is 2. The van der Waals surface area contributed by atoms with Crippen LogP contribution in [0.4, 0.5) is 17.5 Å². The Kier molecular flexibility index (Phi) is 4.48. The Morgan fingerprint density at radius 1 is 1.23 bits per heavy atom. The molecule has 2 aromatic rings. The molecule has 1 saturated heterocycles. The molecule has 1 aliphatic rings. The Morgan fingerprint density at radius 2 is 2.05 bits per heavy atom. The second-order valence-corrected chi connectivity index (χ2v) is 5.68. The Hall–Kier alpha value is -2.21. The molecule has 0 bridgehead atoms. The van der Waals surface area contributed by atoms with Crippen molar-refractivity contribution in [2.75, 3.05) is 23.8 Å². The topological polar surface area (TPSA) is 72.0 Å². The summed E-state index contributed by atoms with van der Waals surface area (Å²) in [4.78, 5) is 4.44. The van der Waals surface area contributed by atoms with E-state index in [4.69, 9.17) is 4.74 Å². The molecule has 2 heterocycles. The number of aryl methyl sites for hydroxylation is 2. The molecule has 1 fully saturated rings. The van der Waals surface area contributed by atoms with Crippen LogP contribution in [0.25, 0.3) is 0 Å². The van der Waals surface area contributed by atoms with Crippen LogP contribution in [0, 0.1) is 13.8 Å². The van der Waals surface area contributed by atoms with Crippen LogP contribution in [-0.4, -0.2) is 34.4 Å². The summed E-state index contributed by atoms with van der Waals surface area (Å²) in [5.41, 5.74) is 3.42. The molecular weight excluding hydrogens is 278 g/mol. The van der Waals surface area contributed by atoms with E-state index in [1.54, 1.807) is 6.20 Å². The number of ether oxygens (including phenoxy) is 1. The second kappa shape index (κ2) is 6.70. The maximum Gasteiger partial charge on any atom is 0.244 e. The van der Waals surface area contributed by atoms with E-state index in [2.05, 4.69) is 57.9 Å². The van der Waals surface area contributed by atoms with Gasteiger partial charge in [0.25, 0.3) is 0 Å². The van der Waals surface area contributed by atoms with E-state index in [1.165, 1.54) is 11.1 Å². The molecule has 116 valence electrons. The molecule has 0 amide bonds. The SMILES string of the molecule is Cc1cc(C)cc(Nc2cnnc(NCC3CCCO3)n2)c1. The van der Waals surface area contributed by atoms with Crippen molar-refractivity contribution in [1.82, 2.24) is 15.2 Å². The first kappa shape index (κ1) is 14.7. The average Bonchev–Trinajstić information content (AvgIpc) is 2.98. The summed E-state index contributed by atoms with van der Waals surface area (Å²) in [5.74, 6) is 1.19. The number of rotatable bonds is 5. The maximum absolute atomic E-state index is 5.57. The van der Waals surface area contributed by atoms with E-state index in [9.17, 15) is 0 Å². The van der Waals surface area contributed by atoms with Gasteiger partial charge in [-0.15, -0.1) is 5.10 Å². The predicted molar refractivity (Wildman–Crippen MR) is 86.5 cm³/mol. The third-order valence-corrected chi connectivity index (χ3v) is 3.56. The number of aromatic nitrogens is 3. The monoisotopic (exact) mass is 299 g/mol. The van der Waals surface area contributed by atoms with Crippen LogP contribution in [-0.2, 0) is 4.74 Å². The highest BCUT2D eigenvalue weighted by Gasteiger charge is 2.15. The molecule has 6 heteroatoms. The lowest BCUT2D eigenvalue weighted by molar-refractivity contribution is 0.120. The van der Waals surface area contributed by atoms with Crippen molar-refractivity contribution in [1.29, 1.82) is 0 Å². The van der Waals surface area contributed by atoms with Crippen molar-refractivity contribution < 1.29 is 4.74 Å². The lowest BCUT2D eigenvalue weighted by atomic mass is 10.1. The summed E-state index contributed by atoms with van der Waals surface area (Å²) < 4.78 is 5.57. The molecule has 0 aliphatic carbocycles. The van der Waals surface area contributed by atoms with Gasteiger partial charge in [0.2, 0.25) is 5.95 Å². The second-order valence-electron chi connectivity index (χ2n) is 5.68. The normalized spacial score (nSPS) is 17.5. The molecule has 1 aromatic carbocycles. The fraction of sp³-hybridized carbons (Fsp3) is 0.438. The standard InChI is InChI=1S/C16H21N5O/c1-11-6-12(2)8-13(7-11)19-15-10-18-21-16(20-15)17-9-14-4-3-5-22-14/h6-8,10,14H,3-5,9H2,1-2H3,(H2,17,19,20,21). The Morgan fingerprint density at radius 3 is 2.77 bits per heavy atom. The van der Waals surface area contributed by atoms with Crippen molar-refractivity contribution in [2.24, 2.45) is 0 Å². The van der Waals surface area contributed by atoms with Gasteiger partial charge in [-0.2, -0.15) is 10.1 Å². The molecule has 6 nitrogen and oxygen atoms in total. The van der Waals surface area contributed by atoms with Crippen LogP contribution >= 0.6 is 0 Å². The largest absolute Gasteiger partial charge is 0.376 e. The minimum atomic E-state index is 0.250. The molecule has 0 radical (unpaired) electrons. The number of anilines is 3. The van der Waals surface area contributed by atoms with Gasteiger partial charge in [-0.25, -0.2) is 0 Å². The molecule has 1 aliphatic heterocycles. The summed E-state index contributed by atoms with van der Waals surface area (Å²) in [6.45, 7) is 5.71. The van der Waals surface area contributed by atoms with Crippen LogP contribution in [0.5, 0.6) is 0 Å². The predicted octanol–water partition coefficient (Wildman–Crippen LogP) is 2.82. The first-order valence-corrected chi connectivity index (χ1v) is 7.59. The zero-order valence-corrected chi connectivity index (χ0v) is 13.0. The fourth-order valence-corrected chi connectivity index (χ4v) is 2.64. The fourth-order valence-electron chi connectivity index (χ4n) is 2.64. The van der Waals surface area contributed by atoms with Crippen LogP contribution in [0.15, 0.2) is 24.4 Å². The van der Waals surface area contributed by atoms with E-state index < -0.39 is 0 Å². The van der Waals surface area contributed by atoms with Gasteiger partial charge in [-0.3, -0.25) is 0 Å². The summed E-state index contributed by atoms with van der Waals surface area (Å²) >= 11 is 0. The van der Waals surface area contributed by atoms with Crippen molar-refractivity contribution in [3.63, 3.8) is 0 Å². The number of nitrogens with zero attached hydrogens (tertiary/aromatic N) is 3. The van der Waals surface area contributed by atoms with E-state index >= 15 is 0 Å². The van der Waals surface area contributed by atoms with Gasteiger partial charge in [-0.05, 0) is 49.9 Å². The third kappa shape index (κ3) is 3.92. The van der Waals surface area contributed by atoms with Crippen LogP contribution in [0.3, 0.4) is 0 Å². The van der Waals surface area contributed by atoms with Gasteiger partial charge in [0.15, 0.2) is 5.82 Å². The van der Waals surface area contributed by atoms with Gasteiger partial charge in [0.05, 0.1) is 12.3 Å². The van der Waals surface area contributed by atoms with Crippen molar-refractivity contribution in [3.8, 4) is 0 Å². The van der Waals surface area contributed by atoms with E-state index in [0.717, 1.165) is 25.1 Å². The number of hydrogen-bond acceptors (Lipinski definition) is 6. The zero-order valence-electron chi connectivity index (χ0n) is 13.0. The number of nitrogens with one attached hydrogen (secondary N) is 2. The molecule has 1 aromatic heterocycles. The van der Waals surface area contributed by atoms with E-state index in [1.807, 2.05) is 0 Å². The summed E-state index contributed by atoms with van der Waals surface area (Å²) in [5, 5.41) is 14.5. The Labute approximate surface area is 130 Å². The Bertz CT molecular complexity index is 620. The molecule has 1 unspecified atom stereocenters. The summed E-state index contributed by atoms with van der Waals surface area (Å²) in [7, 11) is 0. The van der Waals surface area contributed by atoms with Gasteiger partial charge in [0.1, 0.15) is 0 Å². The highest BCUT2D eigenvalue weighted by atomic mass is 16.5. The molecular formula is C16H21N5O. The molecule has 1 atom stereocenters. The molecule has 22 heavy (non-hydrogen) atoms. The van der Waals surface area contributed by atoms with Crippen molar-refractivity contribution >= 4 is 17.5 Å². The zero-order chi connectivity index (χ0) is 15.4. The lowest BCUT2D eigenvalue weighted by Gasteiger charge is -2.11. The van der Waals surface area contributed by atoms with E-state index in [-0.39, 0.29) is 6.10 Å². The van der Waals surface area contributed by atoms with Crippen molar-refractivity contribution in [3.05, 3.63) is 35.5 Å². The first-order valence-electron chi connectivity index (χ1n) is 7.59. The lowest BCUT2D eigenvalue weighted by Crippen LogP contribution is -2.20. The van der Waals surface area contributed by atoms with Crippen LogP contribution < -0.4 is 10.6 Å². The minimum Gasteiger partial charge on any atom is -0.376 e. The maximum atomic E-state index is 5.57. The average molecular weight is 299 g/mol. The van der Waals surface area contributed by atoms with E-state index in [0.29, 0.717) is 18.3 Å². The molecule has 3 rings (SSSR count). The molecule has 2 N–H and O–H groups in total. The Balaban J connectivity index is 1.65. The van der Waals surface area contributed by atoms with Crippen molar-refractivity contribution in [2.45, 2.75) is 32.8 Å². The highest BCUT2D eigenvalue weighted by Crippen LogP contribution is 2.18. The van der Waals surface area contributed by atoms with Gasteiger partial charge in [0, 0.05) is 18.8 Å². The van der Waals surface area contributed by atoms with Gasteiger partial charge < -0.3 is 15.4 Å². The molecule has 0 saturated carbocycles. The summed E-state index contributed by atoms with van der Waals surface area (Å²) in [6.07, 6.45) is 4.08. The highest BCUT2D eigenvalue weighted by molar-refractivity contribution is 5.58. The number of benzene rings is 1. The molecule has 0 spiro atoms. The minimum absolute atomic E-state index is 0.250. The van der Waals surface area contributed by atoms with Gasteiger partial charge in [-0.1, -0.05) is 6.07 Å². The smallest absolute Gasteiger partial charge is 0.244 e. The quantitative estimate of drug-likeness (QED) is 0.884. The summed E-state index contributed by atoms with van der Waals surface area (Å²) in [6, 6.07) is 6.29. The van der Waals surface area contributed by atoms with Gasteiger partial charge >= 0.3 is 0 Å². The first-order chi connectivity index (χ1) is 10.7. The van der Waals surface area contributed by atoms with Crippen LogP contribution in [0.1, 0.15) is 24.0 Å². The third-order valence-electron chi connectivity index (χ3n) is 3.56.